The van der Waals surface area contributed by atoms with Crippen LogP contribution in [0.3, 0.4) is 0 Å². The maximum absolute atomic E-state index is 5.66. The Morgan fingerprint density at radius 1 is 1.28 bits per heavy atom. The predicted molar refractivity (Wildman–Crippen MR) is 113 cm³/mol. The quantitative estimate of drug-likeness (QED) is 0.241. The van der Waals surface area contributed by atoms with Gasteiger partial charge in [-0.3, -0.25) is 9.39 Å². The summed E-state index contributed by atoms with van der Waals surface area (Å²) in [5.41, 5.74) is 0.997. The lowest BCUT2D eigenvalue weighted by molar-refractivity contribution is 0.311. The number of fused-ring (bicyclic) bond motifs is 1. The minimum absolute atomic E-state index is 0. The van der Waals surface area contributed by atoms with Crippen molar-refractivity contribution in [2.75, 3.05) is 20.2 Å². The Balaban J connectivity index is 0.00000225. The highest BCUT2D eigenvalue weighted by Gasteiger charge is 2.03. The van der Waals surface area contributed by atoms with Crippen molar-refractivity contribution in [3.63, 3.8) is 0 Å². The maximum atomic E-state index is 5.66. The van der Waals surface area contributed by atoms with E-state index in [-0.39, 0.29) is 24.0 Å². The van der Waals surface area contributed by atoms with Crippen molar-refractivity contribution in [2.45, 2.75) is 13.0 Å². The molecule has 0 spiro atoms. The second-order valence-electron chi connectivity index (χ2n) is 5.19. The molecular formula is C17H22IN5OS. The van der Waals surface area contributed by atoms with Gasteiger partial charge in [0.05, 0.1) is 18.8 Å². The Morgan fingerprint density at radius 2 is 2.12 bits per heavy atom. The van der Waals surface area contributed by atoms with Crippen molar-refractivity contribution in [3.8, 4) is 5.75 Å². The fourth-order valence-electron chi connectivity index (χ4n) is 2.24. The number of hydrogen-bond donors (Lipinski definition) is 2. The number of benzene rings is 1. The van der Waals surface area contributed by atoms with Crippen LogP contribution in [0.25, 0.3) is 4.96 Å². The molecule has 134 valence electrons. The van der Waals surface area contributed by atoms with Crippen LogP contribution in [-0.2, 0) is 6.54 Å². The highest BCUT2D eigenvalue weighted by atomic mass is 127. The standard InChI is InChI=1S/C17H21N5OS.HI/c1-18-16(19-8-5-10-23-15-6-3-2-4-7-15)20-12-14-13-22-9-11-24-17(22)21-14;/h2-4,6-7,9,11,13H,5,8,10,12H2,1H3,(H2,18,19,20);1H. The number of halogens is 1. The number of nitrogens with zero attached hydrogens (tertiary/aromatic N) is 3. The molecular weight excluding hydrogens is 449 g/mol. The van der Waals surface area contributed by atoms with Crippen LogP contribution in [0.4, 0.5) is 0 Å². The fraction of sp³-hybridized carbons (Fsp3) is 0.294. The van der Waals surface area contributed by atoms with Crippen molar-refractivity contribution >= 4 is 46.2 Å². The Labute approximate surface area is 168 Å². The average molecular weight is 471 g/mol. The van der Waals surface area contributed by atoms with E-state index in [4.69, 9.17) is 4.74 Å². The summed E-state index contributed by atoms with van der Waals surface area (Å²) in [6, 6.07) is 9.85. The van der Waals surface area contributed by atoms with Crippen molar-refractivity contribution in [2.24, 2.45) is 4.99 Å². The van der Waals surface area contributed by atoms with Gasteiger partial charge in [0.15, 0.2) is 10.9 Å². The van der Waals surface area contributed by atoms with Gasteiger partial charge in [-0.05, 0) is 18.6 Å². The number of rotatable bonds is 7. The van der Waals surface area contributed by atoms with E-state index in [0.29, 0.717) is 13.2 Å². The summed E-state index contributed by atoms with van der Waals surface area (Å²) in [5, 5.41) is 8.58. The summed E-state index contributed by atoms with van der Waals surface area (Å²) in [7, 11) is 1.77. The third-order valence-electron chi connectivity index (χ3n) is 3.43. The van der Waals surface area contributed by atoms with Gasteiger partial charge in [-0.2, -0.15) is 0 Å². The molecule has 0 unspecified atom stereocenters. The molecule has 0 aliphatic rings. The molecule has 0 bridgehead atoms. The Kier molecular flexibility index (Phi) is 7.99. The number of thiazole rings is 1. The highest BCUT2D eigenvalue weighted by Crippen LogP contribution is 2.11. The summed E-state index contributed by atoms with van der Waals surface area (Å²) in [5.74, 6) is 1.67. The summed E-state index contributed by atoms with van der Waals surface area (Å²) in [6.45, 7) is 2.12. The molecule has 25 heavy (non-hydrogen) atoms. The SMILES string of the molecule is CN=C(NCCCOc1ccccc1)NCc1cn2ccsc2n1.I. The van der Waals surface area contributed by atoms with Gasteiger partial charge in [-0.1, -0.05) is 18.2 Å². The maximum Gasteiger partial charge on any atom is 0.193 e. The zero-order valence-corrected chi connectivity index (χ0v) is 17.2. The van der Waals surface area contributed by atoms with Crippen molar-refractivity contribution in [1.82, 2.24) is 20.0 Å². The van der Waals surface area contributed by atoms with Gasteiger partial charge in [-0.25, -0.2) is 4.98 Å². The van der Waals surface area contributed by atoms with Crippen molar-refractivity contribution < 1.29 is 4.74 Å². The van der Waals surface area contributed by atoms with Gasteiger partial charge in [0.25, 0.3) is 0 Å². The molecule has 0 radical (unpaired) electrons. The monoisotopic (exact) mass is 471 g/mol. The highest BCUT2D eigenvalue weighted by molar-refractivity contribution is 14.0. The molecule has 0 fully saturated rings. The first-order valence-electron chi connectivity index (χ1n) is 7.88. The normalized spacial score (nSPS) is 11.2. The minimum Gasteiger partial charge on any atom is -0.494 e. The molecule has 2 N–H and O–H groups in total. The van der Waals surface area contributed by atoms with Crippen molar-refractivity contribution in [3.05, 3.63) is 53.8 Å². The Morgan fingerprint density at radius 3 is 2.88 bits per heavy atom. The summed E-state index contributed by atoms with van der Waals surface area (Å²) < 4.78 is 7.69. The third-order valence-corrected chi connectivity index (χ3v) is 4.20. The number of nitrogens with one attached hydrogen (secondary N) is 2. The molecule has 2 aromatic heterocycles. The van der Waals surface area contributed by atoms with E-state index >= 15 is 0 Å². The number of aliphatic imine (C=N–C) groups is 1. The molecule has 0 amide bonds. The van der Waals surface area contributed by atoms with Crippen LogP contribution in [0.15, 0.2) is 53.1 Å². The molecule has 0 saturated heterocycles. The molecule has 2 heterocycles. The second kappa shape index (κ2) is 10.2. The smallest absolute Gasteiger partial charge is 0.193 e. The van der Waals surface area contributed by atoms with Crippen molar-refractivity contribution in [1.29, 1.82) is 0 Å². The van der Waals surface area contributed by atoms with Crippen LogP contribution in [-0.4, -0.2) is 35.5 Å². The molecule has 0 aliphatic heterocycles. The van der Waals surface area contributed by atoms with E-state index in [2.05, 4.69) is 20.6 Å². The molecule has 8 heteroatoms. The predicted octanol–water partition coefficient (Wildman–Crippen LogP) is 3.15. The van der Waals surface area contributed by atoms with E-state index in [1.807, 2.05) is 52.5 Å². The number of para-hydroxylation sites is 1. The van der Waals surface area contributed by atoms with E-state index < -0.39 is 0 Å². The Bertz CT molecular complexity index is 758. The number of imidazole rings is 1. The van der Waals surface area contributed by atoms with Crippen LogP contribution in [0, 0.1) is 0 Å². The number of aromatic nitrogens is 2. The average Bonchev–Trinajstić information content (AvgIpc) is 3.20. The van der Waals surface area contributed by atoms with Crippen LogP contribution in [0.2, 0.25) is 0 Å². The molecule has 6 nitrogen and oxygen atoms in total. The number of ether oxygens (including phenoxy) is 1. The lowest BCUT2D eigenvalue weighted by atomic mass is 10.3. The molecule has 0 aliphatic carbocycles. The van der Waals surface area contributed by atoms with Crippen LogP contribution < -0.4 is 15.4 Å². The first kappa shape index (κ1) is 19.5. The minimum atomic E-state index is 0. The lowest BCUT2D eigenvalue weighted by Crippen LogP contribution is -2.37. The lowest BCUT2D eigenvalue weighted by Gasteiger charge is -2.11. The van der Waals surface area contributed by atoms with Gasteiger partial charge in [0.2, 0.25) is 0 Å². The number of hydrogen-bond acceptors (Lipinski definition) is 4. The van der Waals surface area contributed by atoms with Crippen LogP contribution in [0.5, 0.6) is 5.75 Å². The number of guanidine groups is 1. The summed E-state index contributed by atoms with van der Waals surface area (Å²) >= 11 is 1.63. The zero-order chi connectivity index (χ0) is 16.6. The largest absolute Gasteiger partial charge is 0.494 e. The molecule has 3 rings (SSSR count). The van der Waals surface area contributed by atoms with Gasteiger partial charge in [0.1, 0.15) is 5.75 Å². The molecule has 1 aromatic carbocycles. The van der Waals surface area contributed by atoms with E-state index in [1.54, 1.807) is 18.4 Å². The zero-order valence-electron chi connectivity index (χ0n) is 14.0. The van der Waals surface area contributed by atoms with Crippen LogP contribution >= 0.6 is 35.3 Å². The topological polar surface area (TPSA) is 63.0 Å². The van der Waals surface area contributed by atoms with E-state index in [1.165, 1.54) is 0 Å². The van der Waals surface area contributed by atoms with Gasteiger partial charge in [0, 0.05) is 31.4 Å². The summed E-state index contributed by atoms with van der Waals surface area (Å²) in [4.78, 5) is 9.77. The van der Waals surface area contributed by atoms with Gasteiger partial charge in [-0.15, -0.1) is 35.3 Å². The first-order chi connectivity index (χ1) is 11.8. The second-order valence-corrected chi connectivity index (χ2v) is 6.07. The first-order valence-corrected chi connectivity index (χ1v) is 8.76. The molecule has 0 atom stereocenters. The van der Waals surface area contributed by atoms with Crippen LogP contribution in [0.1, 0.15) is 12.1 Å². The fourth-order valence-corrected chi connectivity index (χ4v) is 2.96. The third kappa shape index (κ3) is 5.89. The van der Waals surface area contributed by atoms with E-state index in [0.717, 1.165) is 35.3 Å². The molecule has 0 saturated carbocycles. The summed E-state index contributed by atoms with van der Waals surface area (Å²) in [6.07, 6.45) is 4.94. The molecule has 3 aromatic rings. The van der Waals surface area contributed by atoms with Gasteiger partial charge < -0.3 is 15.4 Å². The van der Waals surface area contributed by atoms with E-state index in [9.17, 15) is 0 Å². The Hall–Kier alpha value is -1.81. The van der Waals surface area contributed by atoms with Gasteiger partial charge >= 0.3 is 0 Å².